The highest BCUT2D eigenvalue weighted by atomic mass is 35.5. The molecule has 0 unspecified atom stereocenters. The van der Waals surface area contributed by atoms with Gasteiger partial charge in [-0.1, -0.05) is 18.2 Å². The lowest BCUT2D eigenvalue weighted by atomic mass is 9.78. The number of methoxy groups -OCH3 is 1. The van der Waals surface area contributed by atoms with Crippen molar-refractivity contribution in [3.8, 4) is 11.3 Å². The lowest BCUT2D eigenvalue weighted by Crippen LogP contribution is -2.42. The number of aliphatic hydroxyl groups is 1. The van der Waals surface area contributed by atoms with Crippen molar-refractivity contribution in [3.05, 3.63) is 53.6 Å². The molecule has 1 N–H and O–H groups in total. The third-order valence-corrected chi connectivity index (χ3v) is 8.89. The van der Waals surface area contributed by atoms with Crippen molar-refractivity contribution < 1.29 is 19.1 Å². The van der Waals surface area contributed by atoms with E-state index in [0.29, 0.717) is 66.7 Å². The van der Waals surface area contributed by atoms with E-state index < -0.39 is 0 Å². The Morgan fingerprint density at radius 1 is 1.17 bits per heavy atom. The summed E-state index contributed by atoms with van der Waals surface area (Å²) in [6.45, 7) is 6.62. The van der Waals surface area contributed by atoms with E-state index in [1.165, 1.54) is 0 Å². The fraction of sp³-hybridized carbons (Fsp3) is 0.562. The van der Waals surface area contributed by atoms with Gasteiger partial charge in [0.15, 0.2) is 5.89 Å². The van der Waals surface area contributed by atoms with E-state index in [9.17, 15) is 9.90 Å². The maximum absolute atomic E-state index is 13.9. The smallest absolute Gasteiger partial charge is 0.231 e. The molecule has 2 aromatic rings. The molecule has 220 valence electrons. The Bertz CT molecular complexity index is 1280. The molecule has 0 spiro atoms. The van der Waals surface area contributed by atoms with Crippen LogP contribution in [-0.4, -0.2) is 47.0 Å². The molecule has 1 amide bonds. The number of allylic oxidation sites excluding steroid dienone is 2. The molecular weight excluding hydrogens is 540 g/mol. The largest absolute Gasteiger partial charge is 0.480 e. The van der Waals surface area contributed by atoms with Crippen LogP contribution >= 0.6 is 11.6 Å². The van der Waals surface area contributed by atoms with Gasteiger partial charge in [0.25, 0.3) is 0 Å². The van der Waals surface area contributed by atoms with Gasteiger partial charge in [0.1, 0.15) is 17.8 Å². The van der Waals surface area contributed by atoms with Crippen molar-refractivity contribution in [3.63, 3.8) is 0 Å². The molecule has 3 aliphatic rings. The van der Waals surface area contributed by atoms with Crippen LogP contribution in [0, 0.1) is 17.8 Å². The second-order valence-corrected chi connectivity index (χ2v) is 12.4. The van der Waals surface area contributed by atoms with E-state index in [0.717, 1.165) is 61.2 Å². The number of hydrogen-bond donors (Lipinski definition) is 1. The molecular formula is C32H41ClN4O4. The number of aliphatic hydroxyl groups excluding tert-OH is 1. The van der Waals surface area contributed by atoms with Crippen LogP contribution in [0.3, 0.4) is 0 Å². The molecule has 5 rings (SSSR count). The number of nitrogens with zero attached hydrogens (tertiary/aromatic N) is 4. The predicted molar refractivity (Wildman–Crippen MR) is 161 cm³/mol. The SMILES string of the molecule is C=C(C=N/C(OC)=C(\C)Cl)C1CCC(CN(C(=O)C2CCC(O)CC2)c2cc(-c3coc(C4CC4)n3)ccn2)CC1. The van der Waals surface area contributed by atoms with Gasteiger partial charge in [-0.2, -0.15) is 0 Å². The number of halogens is 1. The summed E-state index contributed by atoms with van der Waals surface area (Å²) in [5, 5.41) is 10.5. The van der Waals surface area contributed by atoms with Gasteiger partial charge in [0.2, 0.25) is 11.8 Å². The van der Waals surface area contributed by atoms with Gasteiger partial charge in [0, 0.05) is 36.4 Å². The zero-order valence-corrected chi connectivity index (χ0v) is 24.9. The van der Waals surface area contributed by atoms with E-state index >= 15 is 0 Å². The summed E-state index contributed by atoms with van der Waals surface area (Å²) in [5.41, 5.74) is 2.65. The zero-order chi connectivity index (χ0) is 28.9. The molecule has 3 aliphatic carbocycles. The molecule has 0 atom stereocenters. The van der Waals surface area contributed by atoms with Crippen LogP contribution in [-0.2, 0) is 9.53 Å². The molecule has 3 fully saturated rings. The fourth-order valence-corrected chi connectivity index (χ4v) is 6.13. The Balaban J connectivity index is 1.29. The van der Waals surface area contributed by atoms with Crippen LogP contribution in [0.1, 0.15) is 82.9 Å². The Morgan fingerprint density at radius 2 is 1.88 bits per heavy atom. The summed E-state index contributed by atoms with van der Waals surface area (Å²) < 4.78 is 11.0. The zero-order valence-electron chi connectivity index (χ0n) is 24.1. The number of hydrogen-bond acceptors (Lipinski definition) is 7. The lowest BCUT2D eigenvalue weighted by Gasteiger charge is -2.35. The second-order valence-electron chi connectivity index (χ2n) is 11.8. The van der Waals surface area contributed by atoms with Crippen LogP contribution in [0.2, 0.25) is 0 Å². The second kappa shape index (κ2) is 13.3. The van der Waals surface area contributed by atoms with Crippen LogP contribution in [0.25, 0.3) is 11.3 Å². The summed E-state index contributed by atoms with van der Waals surface area (Å²) in [4.78, 5) is 29.6. The van der Waals surface area contributed by atoms with Crippen molar-refractivity contribution in [2.45, 2.75) is 83.2 Å². The van der Waals surface area contributed by atoms with Gasteiger partial charge in [-0.05, 0) is 101 Å². The number of carbonyl (C=O) groups excluding carboxylic acids is 1. The van der Waals surface area contributed by atoms with Gasteiger partial charge in [-0.15, -0.1) is 0 Å². The first kappa shape index (κ1) is 29.5. The summed E-state index contributed by atoms with van der Waals surface area (Å²) in [6, 6.07) is 3.89. The first-order valence-electron chi connectivity index (χ1n) is 14.9. The first-order chi connectivity index (χ1) is 19.8. The number of aromatic nitrogens is 2. The molecule has 0 aliphatic heterocycles. The number of amides is 1. The summed E-state index contributed by atoms with van der Waals surface area (Å²) in [7, 11) is 1.55. The Morgan fingerprint density at radius 3 is 2.54 bits per heavy atom. The standard InChI is InChI=1S/C32H41ClN4O4/c1-20(17-35-30(40-3)21(2)33)23-6-4-22(5-7-23)18-37(32(39)25-10-12-27(38)13-11-25)29-16-26(14-15-34-29)28-19-41-31(36-28)24-8-9-24/h14-17,19,22-25,27,38H,1,4-13,18H2,2-3H3/b30-21-,35-17?. The maximum Gasteiger partial charge on any atom is 0.231 e. The van der Waals surface area contributed by atoms with Crippen molar-refractivity contribution >= 4 is 29.5 Å². The quantitative estimate of drug-likeness (QED) is 0.240. The Kier molecular flexibility index (Phi) is 9.60. The molecule has 2 heterocycles. The number of aliphatic imine (C=N–C) groups is 1. The Labute approximate surface area is 247 Å². The minimum atomic E-state index is -0.308. The maximum atomic E-state index is 13.9. The molecule has 0 aromatic carbocycles. The normalized spacial score (nSPS) is 25.6. The summed E-state index contributed by atoms with van der Waals surface area (Å²) >= 11 is 6.03. The van der Waals surface area contributed by atoms with E-state index in [1.807, 2.05) is 17.0 Å². The molecule has 0 bridgehead atoms. The molecule has 0 saturated heterocycles. The number of rotatable bonds is 10. The van der Waals surface area contributed by atoms with Crippen molar-refractivity contribution in [2.24, 2.45) is 22.7 Å². The van der Waals surface area contributed by atoms with Gasteiger partial charge < -0.3 is 14.3 Å². The van der Waals surface area contributed by atoms with Crippen molar-refractivity contribution in [1.82, 2.24) is 9.97 Å². The van der Waals surface area contributed by atoms with E-state index in [-0.39, 0.29) is 17.9 Å². The van der Waals surface area contributed by atoms with Gasteiger partial charge in [0.05, 0.1) is 18.2 Å². The van der Waals surface area contributed by atoms with E-state index in [4.69, 9.17) is 25.7 Å². The molecule has 0 radical (unpaired) electrons. The topological polar surface area (TPSA) is 101 Å². The third-order valence-electron chi connectivity index (χ3n) is 8.73. The highest BCUT2D eigenvalue weighted by Crippen LogP contribution is 2.40. The number of carbonyl (C=O) groups is 1. The monoisotopic (exact) mass is 580 g/mol. The minimum Gasteiger partial charge on any atom is -0.480 e. The van der Waals surface area contributed by atoms with Crippen LogP contribution in [0.4, 0.5) is 5.82 Å². The number of anilines is 1. The summed E-state index contributed by atoms with van der Waals surface area (Å²) in [6.07, 6.45) is 13.8. The van der Waals surface area contributed by atoms with Crippen LogP contribution < -0.4 is 4.90 Å². The van der Waals surface area contributed by atoms with E-state index in [1.54, 1.807) is 32.7 Å². The molecule has 3 saturated carbocycles. The number of oxazole rings is 1. The number of pyridine rings is 1. The van der Waals surface area contributed by atoms with Crippen LogP contribution in [0.15, 0.2) is 57.1 Å². The predicted octanol–water partition coefficient (Wildman–Crippen LogP) is 7.01. The highest BCUT2D eigenvalue weighted by molar-refractivity contribution is 6.29. The van der Waals surface area contributed by atoms with Crippen LogP contribution in [0.5, 0.6) is 0 Å². The first-order valence-corrected chi connectivity index (χ1v) is 15.2. The lowest BCUT2D eigenvalue weighted by molar-refractivity contribution is -0.124. The van der Waals surface area contributed by atoms with Crippen molar-refractivity contribution in [2.75, 3.05) is 18.6 Å². The average molecular weight is 581 g/mol. The third kappa shape index (κ3) is 7.46. The summed E-state index contributed by atoms with van der Waals surface area (Å²) in [5.74, 6) is 2.98. The minimum absolute atomic E-state index is 0.0990. The molecule has 9 heteroatoms. The molecule has 2 aromatic heterocycles. The van der Waals surface area contributed by atoms with Gasteiger partial charge >= 0.3 is 0 Å². The number of ether oxygens (including phenoxy) is 1. The average Bonchev–Trinajstić information content (AvgIpc) is 3.72. The van der Waals surface area contributed by atoms with Gasteiger partial charge in [-0.3, -0.25) is 9.69 Å². The Hall–Kier alpha value is -2.97. The van der Waals surface area contributed by atoms with Gasteiger partial charge in [-0.25, -0.2) is 15.0 Å². The van der Waals surface area contributed by atoms with E-state index in [2.05, 4.69) is 16.6 Å². The highest BCUT2D eigenvalue weighted by Gasteiger charge is 2.33. The fourth-order valence-electron chi connectivity index (χ4n) is 6.01. The van der Waals surface area contributed by atoms with Crippen molar-refractivity contribution in [1.29, 1.82) is 0 Å². The molecule has 8 nitrogen and oxygen atoms in total. The molecule has 41 heavy (non-hydrogen) atoms.